The van der Waals surface area contributed by atoms with Crippen LogP contribution in [0.2, 0.25) is 5.02 Å². The number of imide groups is 1. The van der Waals surface area contributed by atoms with E-state index in [1.807, 2.05) is 24.3 Å². The number of carbonyl (C=O) groups is 3. The van der Waals surface area contributed by atoms with E-state index in [0.29, 0.717) is 37.3 Å². The van der Waals surface area contributed by atoms with E-state index in [1.165, 1.54) is 0 Å². The lowest BCUT2D eigenvalue weighted by molar-refractivity contribution is -0.136. The number of nitrogens with zero attached hydrogens (tertiary/aromatic N) is 3. The first-order valence-corrected chi connectivity index (χ1v) is 10.1. The van der Waals surface area contributed by atoms with Crippen LogP contribution in [0.15, 0.2) is 48.5 Å². The zero-order chi connectivity index (χ0) is 20.5. The average Bonchev–Trinajstić information content (AvgIpc) is 3.00. The van der Waals surface area contributed by atoms with Gasteiger partial charge in [-0.25, -0.2) is 0 Å². The van der Waals surface area contributed by atoms with Crippen LogP contribution in [0.1, 0.15) is 33.2 Å². The summed E-state index contributed by atoms with van der Waals surface area (Å²) in [4.78, 5) is 43.3. The van der Waals surface area contributed by atoms with Crippen LogP contribution in [0.4, 0.5) is 0 Å². The Morgan fingerprint density at radius 2 is 1.48 bits per heavy atom. The van der Waals surface area contributed by atoms with E-state index in [1.54, 1.807) is 36.1 Å². The number of piperazine rings is 1. The minimum absolute atomic E-state index is 0.197. The second-order valence-electron chi connectivity index (χ2n) is 7.39. The van der Waals surface area contributed by atoms with Crippen molar-refractivity contribution in [2.24, 2.45) is 0 Å². The highest BCUT2D eigenvalue weighted by molar-refractivity contribution is 6.31. The Morgan fingerprint density at radius 3 is 2.07 bits per heavy atom. The van der Waals surface area contributed by atoms with Gasteiger partial charge < -0.3 is 4.90 Å². The van der Waals surface area contributed by atoms with Crippen molar-refractivity contribution in [1.29, 1.82) is 0 Å². The molecule has 6 nitrogen and oxygen atoms in total. The van der Waals surface area contributed by atoms with Gasteiger partial charge in [0.1, 0.15) is 6.04 Å². The summed E-state index contributed by atoms with van der Waals surface area (Å²) in [7, 11) is 0. The molecular weight excluding hydrogens is 390 g/mol. The number of rotatable bonds is 4. The van der Waals surface area contributed by atoms with Gasteiger partial charge in [0.2, 0.25) is 5.91 Å². The van der Waals surface area contributed by atoms with E-state index < -0.39 is 17.9 Å². The third-order valence-electron chi connectivity index (χ3n) is 5.61. The van der Waals surface area contributed by atoms with Gasteiger partial charge in [0.15, 0.2) is 0 Å². The fourth-order valence-corrected chi connectivity index (χ4v) is 4.12. The van der Waals surface area contributed by atoms with Gasteiger partial charge in [-0.2, -0.15) is 0 Å². The van der Waals surface area contributed by atoms with Crippen LogP contribution in [0.25, 0.3) is 0 Å². The SMILES string of the molecule is C[C@@H](C(=O)N1CCN(Cc2ccccc2Cl)CC1)N1C(=O)c2ccccc2C1=O. The molecule has 1 saturated heterocycles. The lowest BCUT2D eigenvalue weighted by atomic mass is 10.1. The molecule has 2 aliphatic rings. The highest BCUT2D eigenvalue weighted by Crippen LogP contribution is 2.25. The quantitative estimate of drug-likeness (QED) is 0.726. The van der Waals surface area contributed by atoms with Crippen molar-refractivity contribution in [2.45, 2.75) is 19.5 Å². The third kappa shape index (κ3) is 3.66. The summed E-state index contributed by atoms with van der Waals surface area (Å²) in [5.74, 6) is -0.996. The predicted octanol–water partition coefficient (Wildman–Crippen LogP) is 2.67. The Labute approximate surface area is 174 Å². The summed E-state index contributed by atoms with van der Waals surface area (Å²) < 4.78 is 0. The molecule has 2 aliphatic heterocycles. The number of carbonyl (C=O) groups excluding carboxylic acids is 3. The summed E-state index contributed by atoms with van der Waals surface area (Å²) in [6.45, 7) is 4.89. The molecular formula is C22H22ClN3O3. The monoisotopic (exact) mass is 411 g/mol. The molecule has 2 aromatic carbocycles. The molecule has 29 heavy (non-hydrogen) atoms. The Hall–Kier alpha value is -2.70. The molecule has 2 aromatic rings. The smallest absolute Gasteiger partial charge is 0.262 e. The van der Waals surface area contributed by atoms with Gasteiger partial charge in [0.25, 0.3) is 11.8 Å². The lowest BCUT2D eigenvalue weighted by Crippen LogP contribution is -2.55. The van der Waals surface area contributed by atoms with Crippen molar-refractivity contribution in [3.05, 3.63) is 70.2 Å². The average molecular weight is 412 g/mol. The van der Waals surface area contributed by atoms with Crippen molar-refractivity contribution in [1.82, 2.24) is 14.7 Å². The van der Waals surface area contributed by atoms with Crippen molar-refractivity contribution in [3.63, 3.8) is 0 Å². The fraction of sp³-hybridized carbons (Fsp3) is 0.318. The first-order chi connectivity index (χ1) is 14.0. The van der Waals surface area contributed by atoms with Crippen LogP contribution in [0.5, 0.6) is 0 Å². The maximum absolute atomic E-state index is 13.0. The van der Waals surface area contributed by atoms with Gasteiger partial charge in [-0.15, -0.1) is 0 Å². The first-order valence-electron chi connectivity index (χ1n) is 9.69. The molecule has 0 bridgehead atoms. The van der Waals surface area contributed by atoms with Gasteiger partial charge in [0, 0.05) is 37.7 Å². The molecule has 0 spiro atoms. The molecule has 0 unspecified atom stereocenters. The maximum atomic E-state index is 13.0. The second kappa shape index (κ2) is 7.97. The van der Waals surface area contributed by atoms with Crippen molar-refractivity contribution in [3.8, 4) is 0 Å². The van der Waals surface area contributed by atoms with E-state index in [0.717, 1.165) is 22.0 Å². The first kappa shape index (κ1) is 19.6. The minimum Gasteiger partial charge on any atom is -0.338 e. The maximum Gasteiger partial charge on any atom is 0.262 e. The number of halogens is 1. The topological polar surface area (TPSA) is 60.9 Å². The van der Waals surface area contributed by atoms with Crippen LogP contribution in [-0.4, -0.2) is 64.6 Å². The van der Waals surface area contributed by atoms with E-state index in [2.05, 4.69) is 4.90 Å². The molecule has 150 valence electrons. The molecule has 1 fully saturated rings. The van der Waals surface area contributed by atoms with Crippen LogP contribution in [0.3, 0.4) is 0 Å². The normalized spacial score (nSPS) is 18.1. The zero-order valence-corrected chi connectivity index (χ0v) is 16.9. The van der Waals surface area contributed by atoms with Crippen LogP contribution in [0, 0.1) is 0 Å². The van der Waals surface area contributed by atoms with Crippen LogP contribution >= 0.6 is 11.6 Å². The van der Waals surface area contributed by atoms with Gasteiger partial charge in [-0.3, -0.25) is 24.2 Å². The number of benzene rings is 2. The van der Waals surface area contributed by atoms with Gasteiger partial charge in [-0.1, -0.05) is 41.9 Å². The van der Waals surface area contributed by atoms with Crippen molar-refractivity contribution in [2.75, 3.05) is 26.2 Å². The molecule has 0 radical (unpaired) electrons. The highest BCUT2D eigenvalue weighted by atomic mass is 35.5. The largest absolute Gasteiger partial charge is 0.338 e. The minimum atomic E-state index is -0.822. The Balaban J connectivity index is 1.38. The number of amides is 3. The fourth-order valence-electron chi connectivity index (χ4n) is 3.93. The molecule has 0 N–H and O–H groups in total. The number of fused-ring (bicyclic) bond motifs is 1. The van der Waals surface area contributed by atoms with E-state index in [4.69, 9.17) is 11.6 Å². The summed E-state index contributed by atoms with van der Waals surface area (Å²) in [6, 6.07) is 13.6. The van der Waals surface area contributed by atoms with Crippen LogP contribution < -0.4 is 0 Å². The Morgan fingerprint density at radius 1 is 0.931 bits per heavy atom. The van der Waals surface area contributed by atoms with Gasteiger partial charge in [0.05, 0.1) is 11.1 Å². The Kier molecular flexibility index (Phi) is 5.39. The number of hydrogen-bond donors (Lipinski definition) is 0. The summed E-state index contributed by atoms with van der Waals surface area (Å²) in [5, 5.41) is 0.741. The van der Waals surface area contributed by atoms with E-state index >= 15 is 0 Å². The second-order valence-corrected chi connectivity index (χ2v) is 7.80. The predicted molar refractivity (Wildman–Crippen MR) is 110 cm³/mol. The summed E-state index contributed by atoms with van der Waals surface area (Å²) in [6.07, 6.45) is 0. The van der Waals surface area contributed by atoms with E-state index in [-0.39, 0.29) is 5.91 Å². The molecule has 3 amide bonds. The number of hydrogen-bond acceptors (Lipinski definition) is 4. The van der Waals surface area contributed by atoms with Crippen molar-refractivity contribution >= 4 is 29.3 Å². The van der Waals surface area contributed by atoms with Gasteiger partial charge >= 0.3 is 0 Å². The zero-order valence-electron chi connectivity index (χ0n) is 16.2. The summed E-state index contributed by atoms with van der Waals surface area (Å²) in [5.41, 5.74) is 1.79. The Bertz CT molecular complexity index is 934. The lowest BCUT2D eigenvalue weighted by Gasteiger charge is -2.37. The van der Waals surface area contributed by atoms with Gasteiger partial charge in [-0.05, 0) is 30.7 Å². The van der Waals surface area contributed by atoms with E-state index in [9.17, 15) is 14.4 Å². The molecule has 0 aliphatic carbocycles. The standard InChI is InChI=1S/C22H22ClN3O3/c1-15(26-21(28)17-7-3-4-8-18(17)22(26)29)20(27)25-12-10-24(11-13-25)14-16-6-2-5-9-19(16)23/h2-9,15H,10-14H2,1H3/t15-/m0/s1. The molecule has 0 saturated carbocycles. The molecule has 1 atom stereocenters. The highest BCUT2D eigenvalue weighted by Gasteiger charge is 2.42. The molecule has 2 heterocycles. The molecule has 7 heteroatoms. The summed E-state index contributed by atoms with van der Waals surface area (Å²) >= 11 is 6.24. The third-order valence-corrected chi connectivity index (χ3v) is 5.97. The molecule has 0 aromatic heterocycles. The van der Waals surface area contributed by atoms with Crippen molar-refractivity contribution < 1.29 is 14.4 Å². The van der Waals surface area contributed by atoms with Crippen LogP contribution in [-0.2, 0) is 11.3 Å². The molecule has 4 rings (SSSR count).